The van der Waals surface area contributed by atoms with Crippen LogP contribution < -0.4 is 5.63 Å². The lowest BCUT2D eigenvalue weighted by Crippen LogP contribution is -2.01. The van der Waals surface area contributed by atoms with Crippen LogP contribution in [0.3, 0.4) is 0 Å². The molecule has 3 aromatic heterocycles. The van der Waals surface area contributed by atoms with E-state index in [4.69, 9.17) is 4.42 Å². The lowest BCUT2D eigenvalue weighted by atomic mass is 10.2. The van der Waals surface area contributed by atoms with Crippen LogP contribution in [0, 0.1) is 13.8 Å². The van der Waals surface area contributed by atoms with E-state index >= 15 is 0 Å². The quantitative estimate of drug-likeness (QED) is 0.718. The number of aryl methyl sites for hydroxylation is 2. The summed E-state index contributed by atoms with van der Waals surface area (Å²) in [5, 5.41) is 7.33. The van der Waals surface area contributed by atoms with Crippen molar-refractivity contribution in [1.29, 1.82) is 0 Å². The van der Waals surface area contributed by atoms with Crippen LogP contribution >= 0.6 is 27.3 Å². The van der Waals surface area contributed by atoms with E-state index in [1.165, 1.54) is 4.88 Å². The van der Waals surface area contributed by atoms with Crippen molar-refractivity contribution < 1.29 is 4.42 Å². The third-order valence-electron chi connectivity index (χ3n) is 3.13. The largest absolute Gasteiger partial charge is 0.401 e. The van der Waals surface area contributed by atoms with Crippen molar-refractivity contribution in [3.63, 3.8) is 0 Å². The molecule has 0 saturated carbocycles. The zero-order valence-corrected chi connectivity index (χ0v) is 12.8. The van der Waals surface area contributed by atoms with Crippen LogP contribution in [-0.4, -0.2) is 9.78 Å². The molecule has 0 aliphatic rings. The molecular formula is C13H11BrN2O2S. The molecule has 3 aromatic rings. The van der Waals surface area contributed by atoms with Crippen LogP contribution in [0.2, 0.25) is 0 Å². The van der Waals surface area contributed by atoms with Crippen LogP contribution in [0.5, 0.6) is 0 Å². The molecule has 0 bridgehead atoms. The first kappa shape index (κ1) is 12.6. The number of nitrogens with zero attached hydrogens (tertiary/aromatic N) is 2. The van der Waals surface area contributed by atoms with Gasteiger partial charge in [0.05, 0.1) is 11.9 Å². The minimum atomic E-state index is -0.384. The average Bonchev–Trinajstić information content (AvgIpc) is 2.97. The van der Waals surface area contributed by atoms with Gasteiger partial charge in [0.15, 0.2) is 0 Å². The molecular weight excluding hydrogens is 328 g/mol. The second-order valence-corrected chi connectivity index (χ2v) is 6.16. The van der Waals surface area contributed by atoms with Crippen molar-refractivity contribution in [2.45, 2.75) is 20.4 Å². The molecule has 0 fully saturated rings. The van der Waals surface area contributed by atoms with Gasteiger partial charge in [-0.25, -0.2) is 4.79 Å². The van der Waals surface area contributed by atoms with Crippen LogP contribution in [0.25, 0.3) is 11.1 Å². The van der Waals surface area contributed by atoms with Crippen LogP contribution in [0.15, 0.2) is 31.2 Å². The molecule has 0 N–H and O–H groups in total. The molecule has 0 aromatic carbocycles. The summed E-state index contributed by atoms with van der Waals surface area (Å²) in [5.41, 5.74) is 1.90. The third-order valence-corrected chi connectivity index (χ3v) is 4.91. The van der Waals surface area contributed by atoms with E-state index in [0.717, 1.165) is 16.6 Å². The van der Waals surface area contributed by atoms with E-state index in [2.05, 4.69) is 27.1 Å². The highest BCUT2D eigenvalue weighted by molar-refractivity contribution is 9.10. The molecule has 6 heteroatoms. The molecule has 0 saturated heterocycles. The fraction of sp³-hybridized carbons (Fsp3) is 0.231. The van der Waals surface area contributed by atoms with Gasteiger partial charge in [0, 0.05) is 10.6 Å². The summed E-state index contributed by atoms with van der Waals surface area (Å²) >= 11 is 4.95. The number of hydrogen-bond donors (Lipinski definition) is 0. The zero-order chi connectivity index (χ0) is 13.6. The third kappa shape index (κ3) is 2.04. The molecule has 0 radical (unpaired) electrons. The molecule has 0 aliphatic carbocycles. The Morgan fingerprint density at radius 3 is 2.95 bits per heavy atom. The summed E-state index contributed by atoms with van der Waals surface area (Å²) in [5.74, 6) is 0. The predicted octanol–water partition coefficient (Wildman–Crippen LogP) is 3.48. The van der Waals surface area contributed by atoms with E-state index in [1.807, 2.05) is 30.0 Å². The van der Waals surface area contributed by atoms with Crippen LogP contribution in [0.4, 0.5) is 0 Å². The lowest BCUT2D eigenvalue weighted by Gasteiger charge is -2.02. The molecule has 0 amide bonds. The van der Waals surface area contributed by atoms with Crippen molar-refractivity contribution in [2.75, 3.05) is 0 Å². The van der Waals surface area contributed by atoms with E-state index in [9.17, 15) is 4.79 Å². The Labute approximate surface area is 121 Å². The van der Waals surface area contributed by atoms with Crippen molar-refractivity contribution in [3.8, 4) is 0 Å². The van der Waals surface area contributed by atoms with E-state index in [-0.39, 0.29) is 5.63 Å². The Morgan fingerprint density at radius 2 is 2.26 bits per heavy atom. The molecule has 3 heterocycles. The summed E-state index contributed by atoms with van der Waals surface area (Å²) in [4.78, 5) is 12.8. The lowest BCUT2D eigenvalue weighted by molar-refractivity contribution is 0.531. The average molecular weight is 339 g/mol. The van der Waals surface area contributed by atoms with E-state index < -0.39 is 0 Å². The van der Waals surface area contributed by atoms with Crippen LogP contribution in [0.1, 0.15) is 16.1 Å². The maximum atomic E-state index is 11.6. The molecule has 0 atom stereocenters. The van der Waals surface area contributed by atoms with Gasteiger partial charge in [-0.15, -0.1) is 16.4 Å². The number of rotatable bonds is 2. The Morgan fingerprint density at radius 1 is 1.47 bits per heavy atom. The Kier molecular flexibility index (Phi) is 3.06. The number of thiophene rings is 1. The van der Waals surface area contributed by atoms with Crippen molar-refractivity contribution in [2.24, 2.45) is 0 Å². The van der Waals surface area contributed by atoms with Gasteiger partial charge in [0.1, 0.15) is 4.47 Å². The highest BCUT2D eigenvalue weighted by Gasteiger charge is 2.16. The van der Waals surface area contributed by atoms with Gasteiger partial charge in [-0.1, -0.05) is 6.07 Å². The first-order chi connectivity index (χ1) is 9.08. The second-order valence-electron chi connectivity index (χ2n) is 4.33. The smallest absolute Gasteiger partial charge is 0.352 e. The summed E-state index contributed by atoms with van der Waals surface area (Å²) in [6, 6.07) is 4.08. The standard InChI is InChI=1S/C13H11BrN2O2S/c1-7-10-8(2)16(6-9-4-3-5-19-9)15-12(10)18-13(17)11(7)14/h3-5H,6H2,1-2H3. The molecule has 19 heavy (non-hydrogen) atoms. The van der Waals surface area contributed by atoms with Gasteiger partial charge in [0.25, 0.3) is 0 Å². The fourth-order valence-electron chi connectivity index (χ4n) is 2.12. The zero-order valence-electron chi connectivity index (χ0n) is 10.4. The van der Waals surface area contributed by atoms with Crippen molar-refractivity contribution >= 4 is 38.4 Å². The highest BCUT2D eigenvalue weighted by atomic mass is 79.9. The van der Waals surface area contributed by atoms with Crippen molar-refractivity contribution in [3.05, 3.63) is 48.5 Å². The minimum Gasteiger partial charge on any atom is -0.401 e. The van der Waals surface area contributed by atoms with Gasteiger partial charge in [-0.2, -0.15) is 0 Å². The first-order valence-electron chi connectivity index (χ1n) is 5.76. The monoisotopic (exact) mass is 338 g/mol. The van der Waals surface area contributed by atoms with Crippen molar-refractivity contribution in [1.82, 2.24) is 9.78 Å². The normalized spacial score (nSPS) is 11.3. The number of fused-ring (bicyclic) bond motifs is 1. The summed E-state index contributed by atoms with van der Waals surface area (Å²) < 4.78 is 7.57. The maximum absolute atomic E-state index is 11.6. The Bertz CT molecular complexity index is 802. The van der Waals surface area contributed by atoms with E-state index in [0.29, 0.717) is 16.7 Å². The molecule has 0 unspecified atom stereocenters. The molecule has 98 valence electrons. The fourth-order valence-corrected chi connectivity index (χ4v) is 3.09. The Hall–Kier alpha value is -1.40. The highest BCUT2D eigenvalue weighted by Crippen LogP contribution is 2.26. The molecule has 0 spiro atoms. The maximum Gasteiger partial charge on any atom is 0.352 e. The summed E-state index contributed by atoms with van der Waals surface area (Å²) in [7, 11) is 0. The van der Waals surface area contributed by atoms with E-state index in [1.54, 1.807) is 11.3 Å². The molecule has 0 aliphatic heterocycles. The number of halogens is 1. The molecule has 3 rings (SSSR count). The second kappa shape index (κ2) is 4.61. The number of aromatic nitrogens is 2. The minimum absolute atomic E-state index is 0.384. The SMILES string of the molecule is Cc1c(Br)c(=O)oc2nn(Cc3cccs3)c(C)c12. The van der Waals surface area contributed by atoms with Crippen LogP contribution in [-0.2, 0) is 6.54 Å². The predicted molar refractivity (Wildman–Crippen MR) is 78.9 cm³/mol. The van der Waals surface area contributed by atoms with Gasteiger partial charge < -0.3 is 4.42 Å². The van der Waals surface area contributed by atoms with Gasteiger partial charge in [0.2, 0.25) is 5.71 Å². The van der Waals surface area contributed by atoms with Gasteiger partial charge >= 0.3 is 5.63 Å². The Balaban J connectivity index is 2.20. The number of hydrogen-bond acceptors (Lipinski definition) is 4. The topological polar surface area (TPSA) is 48.0 Å². The molecule has 4 nitrogen and oxygen atoms in total. The van der Waals surface area contributed by atoms with Gasteiger partial charge in [-0.3, -0.25) is 4.68 Å². The summed E-state index contributed by atoms with van der Waals surface area (Å²) in [6.45, 7) is 4.58. The van der Waals surface area contributed by atoms with Gasteiger partial charge in [-0.05, 0) is 46.8 Å². The summed E-state index contributed by atoms with van der Waals surface area (Å²) in [6.07, 6.45) is 0. The first-order valence-corrected chi connectivity index (χ1v) is 7.44.